The summed E-state index contributed by atoms with van der Waals surface area (Å²) in [5.41, 5.74) is -0.669. The van der Waals surface area contributed by atoms with E-state index in [1.165, 1.54) is 12.8 Å². The molecule has 0 aromatic carbocycles. The maximum absolute atomic E-state index is 12.7. The Bertz CT molecular complexity index is 346. The molecule has 0 spiro atoms. The maximum Gasteiger partial charge on any atom is 0.243 e. The Morgan fingerprint density at radius 1 is 1.33 bits per heavy atom. The molecule has 3 nitrogen and oxygen atoms in total. The quantitative estimate of drug-likeness (QED) is 0.767. The van der Waals surface area contributed by atoms with Gasteiger partial charge >= 0.3 is 0 Å². The van der Waals surface area contributed by atoms with Crippen LogP contribution in [0.15, 0.2) is 0 Å². The van der Waals surface area contributed by atoms with Gasteiger partial charge in [-0.25, -0.2) is 0 Å². The molecule has 2 saturated carbocycles. The lowest BCUT2D eigenvalue weighted by molar-refractivity contribution is -0.146. The summed E-state index contributed by atoms with van der Waals surface area (Å²) in [5, 5.41) is 9.34. The predicted octanol–water partition coefficient (Wildman–Crippen LogP) is 3.11. The van der Waals surface area contributed by atoms with Crippen molar-refractivity contribution in [2.24, 2.45) is 11.3 Å². The van der Waals surface area contributed by atoms with Gasteiger partial charge in [-0.1, -0.05) is 26.7 Å². The molecular weight excluding hydrogens is 224 g/mol. The van der Waals surface area contributed by atoms with Crippen LogP contribution in [0, 0.1) is 22.7 Å². The number of rotatable bonds is 4. The van der Waals surface area contributed by atoms with Gasteiger partial charge in [-0.15, -0.1) is 0 Å². The van der Waals surface area contributed by atoms with E-state index in [1.54, 1.807) is 0 Å². The molecule has 18 heavy (non-hydrogen) atoms. The van der Waals surface area contributed by atoms with Crippen LogP contribution in [0.1, 0.15) is 58.8 Å². The second-order valence-corrected chi connectivity index (χ2v) is 6.34. The second-order valence-electron chi connectivity index (χ2n) is 6.34. The van der Waals surface area contributed by atoms with Crippen molar-refractivity contribution < 1.29 is 4.79 Å². The van der Waals surface area contributed by atoms with Gasteiger partial charge in [-0.2, -0.15) is 5.26 Å². The van der Waals surface area contributed by atoms with E-state index >= 15 is 0 Å². The van der Waals surface area contributed by atoms with E-state index in [-0.39, 0.29) is 5.91 Å². The van der Waals surface area contributed by atoms with Gasteiger partial charge in [0.15, 0.2) is 0 Å². The highest BCUT2D eigenvalue weighted by Crippen LogP contribution is 2.43. The Kier molecular flexibility index (Phi) is 3.94. The molecule has 0 aromatic heterocycles. The van der Waals surface area contributed by atoms with E-state index in [4.69, 9.17) is 0 Å². The number of hydrogen-bond acceptors (Lipinski definition) is 2. The minimum Gasteiger partial charge on any atom is -0.338 e. The lowest BCUT2D eigenvalue weighted by atomic mass is 9.68. The van der Waals surface area contributed by atoms with Gasteiger partial charge in [0.2, 0.25) is 5.91 Å². The molecule has 2 aliphatic rings. The highest BCUT2D eigenvalue weighted by atomic mass is 16.2. The van der Waals surface area contributed by atoms with Crippen molar-refractivity contribution in [1.82, 2.24) is 4.90 Å². The molecular formula is C15H24N2O. The highest BCUT2D eigenvalue weighted by molar-refractivity contribution is 5.86. The van der Waals surface area contributed by atoms with Gasteiger partial charge in [-0.05, 0) is 38.0 Å². The number of amides is 1. The Labute approximate surface area is 110 Å². The third-order valence-corrected chi connectivity index (χ3v) is 4.42. The van der Waals surface area contributed by atoms with Crippen LogP contribution < -0.4 is 0 Å². The molecule has 0 aromatic rings. The number of hydrogen-bond donors (Lipinski definition) is 0. The van der Waals surface area contributed by atoms with E-state index in [0.717, 1.165) is 38.6 Å². The normalized spacial score (nSPS) is 22.6. The molecule has 1 amide bonds. The van der Waals surface area contributed by atoms with E-state index in [0.29, 0.717) is 12.0 Å². The fraction of sp³-hybridized carbons (Fsp3) is 0.867. The third kappa shape index (κ3) is 2.39. The first-order chi connectivity index (χ1) is 8.59. The van der Waals surface area contributed by atoms with E-state index in [2.05, 4.69) is 19.9 Å². The fourth-order valence-corrected chi connectivity index (χ4v) is 3.19. The molecule has 2 fully saturated rings. The van der Waals surface area contributed by atoms with Gasteiger partial charge in [0, 0.05) is 12.6 Å². The number of carbonyl (C=O) groups is 1. The monoisotopic (exact) mass is 248 g/mol. The molecule has 100 valence electrons. The Morgan fingerprint density at radius 3 is 2.33 bits per heavy atom. The molecule has 0 N–H and O–H groups in total. The molecule has 0 heterocycles. The summed E-state index contributed by atoms with van der Waals surface area (Å²) in [5.74, 6) is 0.599. The standard InChI is InChI=1S/C15H24N2O/c1-12(2)10-17(13-6-3-4-7-13)14(18)15(11-16)8-5-9-15/h12-13H,3-10H2,1-2H3. The summed E-state index contributed by atoms with van der Waals surface area (Å²) in [4.78, 5) is 14.7. The van der Waals surface area contributed by atoms with Gasteiger partial charge < -0.3 is 4.90 Å². The molecule has 0 atom stereocenters. The second kappa shape index (κ2) is 5.30. The minimum atomic E-state index is -0.669. The smallest absolute Gasteiger partial charge is 0.243 e. The van der Waals surface area contributed by atoms with Crippen LogP contribution in [-0.2, 0) is 4.79 Å². The fourth-order valence-electron chi connectivity index (χ4n) is 3.19. The topological polar surface area (TPSA) is 44.1 Å². The van der Waals surface area contributed by atoms with Crippen molar-refractivity contribution >= 4 is 5.91 Å². The molecule has 0 radical (unpaired) electrons. The van der Waals surface area contributed by atoms with Gasteiger partial charge in [-0.3, -0.25) is 4.79 Å². The number of nitriles is 1. The van der Waals surface area contributed by atoms with Gasteiger partial charge in [0.25, 0.3) is 0 Å². The molecule has 0 bridgehead atoms. The Hall–Kier alpha value is -1.04. The van der Waals surface area contributed by atoms with Crippen LogP contribution in [0.5, 0.6) is 0 Å². The van der Waals surface area contributed by atoms with Crippen LogP contribution in [0.3, 0.4) is 0 Å². The summed E-state index contributed by atoms with van der Waals surface area (Å²) in [6.45, 7) is 5.11. The Balaban J connectivity index is 2.12. The zero-order chi connectivity index (χ0) is 13.2. The molecule has 2 aliphatic carbocycles. The van der Waals surface area contributed by atoms with Crippen molar-refractivity contribution in [3.63, 3.8) is 0 Å². The van der Waals surface area contributed by atoms with Crippen molar-refractivity contribution in [3.05, 3.63) is 0 Å². The minimum absolute atomic E-state index is 0.122. The number of carbonyl (C=O) groups excluding carboxylic acids is 1. The average Bonchev–Trinajstić information content (AvgIpc) is 2.77. The summed E-state index contributed by atoms with van der Waals surface area (Å²) in [6, 6.07) is 2.69. The SMILES string of the molecule is CC(C)CN(C(=O)C1(C#N)CCC1)C1CCCC1. The van der Waals surface area contributed by atoms with Crippen molar-refractivity contribution in [2.45, 2.75) is 64.8 Å². The van der Waals surface area contributed by atoms with Gasteiger partial charge in [0.1, 0.15) is 5.41 Å². The van der Waals surface area contributed by atoms with Crippen molar-refractivity contribution in [2.75, 3.05) is 6.54 Å². The van der Waals surface area contributed by atoms with Crippen LogP contribution in [-0.4, -0.2) is 23.4 Å². The highest BCUT2D eigenvalue weighted by Gasteiger charge is 2.48. The molecule has 0 saturated heterocycles. The van der Waals surface area contributed by atoms with E-state index < -0.39 is 5.41 Å². The summed E-state index contributed by atoms with van der Waals surface area (Å²) in [7, 11) is 0. The molecule has 2 rings (SSSR count). The van der Waals surface area contributed by atoms with Crippen LogP contribution in [0.2, 0.25) is 0 Å². The first-order valence-electron chi connectivity index (χ1n) is 7.31. The largest absolute Gasteiger partial charge is 0.338 e. The lowest BCUT2D eigenvalue weighted by Crippen LogP contribution is -2.51. The predicted molar refractivity (Wildman–Crippen MR) is 70.7 cm³/mol. The van der Waals surface area contributed by atoms with Gasteiger partial charge in [0.05, 0.1) is 6.07 Å². The van der Waals surface area contributed by atoms with Crippen molar-refractivity contribution in [1.29, 1.82) is 5.26 Å². The summed E-state index contributed by atoms with van der Waals surface area (Å²) >= 11 is 0. The van der Waals surface area contributed by atoms with E-state index in [1.807, 2.05) is 4.90 Å². The molecule has 0 aliphatic heterocycles. The van der Waals surface area contributed by atoms with E-state index in [9.17, 15) is 10.1 Å². The lowest BCUT2D eigenvalue weighted by Gasteiger charge is -2.41. The van der Waals surface area contributed by atoms with Crippen LogP contribution in [0.25, 0.3) is 0 Å². The van der Waals surface area contributed by atoms with Crippen LogP contribution in [0.4, 0.5) is 0 Å². The first kappa shape index (κ1) is 13.4. The third-order valence-electron chi connectivity index (χ3n) is 4.42. The van der Waals surface area contributed by atoms with Crippen LogP contribution >= 0.6 is 0 Å². The zero-order valence-electron chi connectivity index (χ0n) is 11.6. The average molecular weight is 248 g/mol. The molecule has 0 unspecified atom stereocenters. The molecule has 3 heteroatoms. The summed E-state index contributed by atoms with van der Waals surface area (Å²) in [6.07, 6.45) is 7.27. The Morgan fingerprint density at radius 2 is 1.94 bits per heavy atom. The number of nitrogens with zero attached hydrogens (tertiary/aromatic N) is 2. The first-order valence-corrected chi connectivity index (χ1v) is 7.31. The maximum atomic E-state index is 12.7. The summed E-state index contributed by atoms with van der Waals surface area (Å²) < 4.78 is 0. The van der Waals surface area contributed by atoms with Crippen molar-refractivity contribution in [3.8, 4) is 6.07 Å². The zero-order valence-corrected chi connectivity index (χ0v) is 11.6.